The molecule has 2 N–H and O–H groups in total. The fourth-order valence-electron chi connectivity index (χ4n) is 3.92. The molecule has 2 rings (SSSR count). The number of nitrogens with zero attached hydrogens (tertiary/aromatic N) is 2. The van der Waals surface area contributed by atoms with Crippen molar-refractivity contribution in [3.63, 3.8) is 0 Å². The molecule has 0 aromatic rings. The first-order valence-electron chi connectivity index (χ1n) is 7.11. The van der Waals surface area contributed by atoms with Gasteiger partial charge in [-0.05, 0) is 44.7 Å². The van der Waals surface area contributed by atoms with Crippen molar-refractivity contribution in [3.05, 3.63) is 10.1 Å². The van der Waals surface area contributed by atoms with Crippen molar-refractivity contribution in [3.8, 4) is 0 Å². The summed E-state index contributed by atoms with van der Waals surface area (Å²) in [7, 11) is 2.14. The zero-order chi connectivity index (χ0) is 13.3. The predicted molar refractivity (Wildman–Crippen MR) is 70.9 cm³/mol. The van der Waals surface area contributed by atoms with E-state index in [0.717, 1.165) is 19.4 Å². The molecular formula is C13H25N3O2. The average molecular weight is 255 g/mol. The molecule has 1 heterocycles. The summed E-state index contributed by atoms with van der Waals surface area (Å²) in [6.07, 6.45) is 5.19. The Morgan fingerprint density at radius 2 is 2.00 bits per heavy atom. The Kier molecular flexibility index (Phi) is 4.22. The Morgan fingerprint density at radius 3 is 2.61 bits per heavy atom. The highest BCUT2D eigenvalue weighted by atomic mass is 16.6. The van der Waals surface area contributed by atoms with Crippen molar-refractivity contribution in [1.29, 1.82) is 0 Å². The molecule has 1 aliphatic carbocycles. The quantitative estimate of drug-likeness (QED) is 0.599. The molecule has 5 heteroatoms. The van der Waals surface area contributed by atoms with Gasteiger partial charge in [-0.3, -0.25) is 10.1 Å². The van der Waals surface area contributed by atoms with Crippen molar-refractivity contribution in [2.75, 3.05) is 13.6 Å². The lowest BCUT2D eigenvalue weighted by molar-refractivity contribution is -0.532. The Morgan fingerprint density at radius 1 is 1.28 bits per heavy atom. The lowest BCUT2D eigenvalue weighted by atomic mass is 9.69. The molecule has 1 saturated heterocycles. The smallest absolute Gasteiger partial charge is 0.228 e. The van der Waals surface area contributed by atoms with Gasteiger partial charge in [0.15, 0.2) is 0 Å². The van der Waals surface area contributed by atoms with Crippen molar-refractivity contribution in [2.45, 2.75) is 57.2 Å². The zero-order valence-electron chi connectivity index (χ0n) is 11.4. The molecule has 0 amide bonds. The maximum Gasteiger partial charge on any atom is 0.228 e. The average Bonchev–Trinajstić information content (AvgIpc) is 2.31. The highest BCUT2D eigenvalue weighted by Crippen LogP contribution is 2.37. The zero-order valence-corrected chi connectivity index (χ0v) is 11.4. The maximum atomic E-state index is 11.1. The molecule has 5 atom stereocenters. The number of nitro groups is 1. The topological polar surface area (TPSA) is 72.4 Å². The van der Waals surface area contributed by atoms with Crippen LogP contribution in [0.15, 0.2) is 0 Å². The second-order valence-corrected chi connectivity index (χ2v) is 6.11. The fourth-order valence-corrected chi connectivity index (χ4v) is 3.92. The second-order valence-electron chi connectivity index (χ2n) is 6.11. The van der Waals surface area contributed by atoms with Gasteiger partial charge in [-0.2, -0.15) is 0 Å². The van der Waals surface area contributed by atoms with Gasteiger partial charge in [0.25, 0.3) is 0 Å². The van der Waals surface area contributed by atoms with Crippen LogP contribution in [0.1, 0.15) is 39.0 Å². The molecule has 104 valence electrons. The van der Waals surface area contributed by atoms with Gasteiger partial charge in [0.1, 0.15) is 0 Å². The minimum Gasteiger partial charge on any atom is -0.322 e. The van der Waals surface area contributed by atoms with E-state index in [1.807, 2.05) is 0 Å². The summed E-state index contributed by atoms with van der Waals surface area (Å²) in [6.45, 7) is 3.31. The van der Waals surface area contributed by atoms with Crippen molar-refractivity contribution in [2.24, 2.45) is 17.6 Å². The van der Waals surface area contributed by atoms with Gasteiger partial charge in [-0.1, -0.05) is 13.3 Å². The Balaban J connectivity index is 2.14. The SMILES string of the molecule is CC1CCC([N+](=O)[O-])C(N)C1C1CCCCN1C. The Hall–Kier alpha value is -0.680. The third-order valence-corrected chi connectivity index (χ3v) is 5.01. The van der Waals surface area contributed by atoms with E-state index in [0.29, 0.717) is 18.4 Å². The van der Waals surface area contributed by atoms with Crippen LogP contribution < -0.4 is 5.73 Å². The summed E-state index contributed by atoms with van der Waals surface area (Å²) in [5, 5.41) is 11.1. The second kappa shape index (κ2) is 5.53. The van der Waals surface area contributed by atoms with Crippen LogP contribution in [0.5, 0.6) is 0 Å². The van der Waals surface area contributed by atoms with E-state index in [9.17, 15) is 10.1 Å². The van der Waals surface area contributed by atoms with Crippen molar-refractivity contribution >= 4 is 0 Å². The summed E-state index contributed by atoms with van der Waals surface area (Å²) in [5.41, 5.74) is 6.24. The van der Waals surface area contributed by atoms with E-state index in [4.69, 9.17) is 5.73 Å². The molecule has 5 nitrogen and oxygen atoms in total. The molecule has 2 aliphatic rings. The first kappa shape index (κ1) is 13.7. The highest BCUT2D eigenvalue weighted by molar-refractivity contribution is 4.96. The molecule has 1 saturated carbocycles. The largest absolute Gasteiger partial charge is 0.322 e. The van der Waals surface area contributed by atoms with Gasteiger partial charge >= 0.3 is 0 Å². The third kappa shape index (κ3) is 2.52. The van der Waals surface area contributed by atoms with Crippen LogP contribution >= 0.6 is 0 Å². The number of hydrogen-bond donors (Lipinski definition) is 1. The van der Waals surface area contributed by atoms with E-state index >= 15 is 0 Å². The summed E-state index contributed by atoms with van der Waals surface area (Å²) >= 11 is 0. The molecular weight excluding hydrogens is 230 g/mol. The number of likely N-dealkylation sites (tertiary alicyclic amines) is 1. The lowest BCUT2D eigenvalue weighted by Crippen LogP contribution is -2.58. The normalized spacial score (nSPS) is 42.7. The number of hydrogen-bond acceptors (Lipinski definition) is 4. The van der Waals surface area contributed by atoms with E-state index < -0.39 is 6.04 Å². The monoisotopic (exact) mass is 255 g/mol. The van der Waals surface area contributed by atoms with E-state index in [-0.39, 0.29) is 16.9 Å². The van der Waals surface area contributed by atoms with E-state index in [2.05, 4.69) is 18.9 Å². The predicted octanol–water partition coefficient (Wildman–Crippen LogP) is 1.49. The van der Waals surface area contributed by atoms with Crippen LogP contribution in [0.25, 0.3) is 0 Å². The van der Waals surface area contributed by atoms with Gasteiger partial charge in [-0.25, -0.2) is 0 Å². The number of piperidine rings is 1. The molecule has 2 fully saturated rings. The van der Waals surface area contributed by atoms with Gasteiger partial charge in [0, 0.05) is 17.4 Å². The third-order valence-electron chi connectivity index (χ3n) is 5.01. The number of rotatable bonds is 2. The fraction of sp³-hybridized carbons (Fsp3) is 1.00. The molecule has 5 unspecified atom stereocenters. The molecule has 18 heavy (non-hydrogen) atoms. The molecule has 0 bridgehead atoms. The highest BCUT2D eigenvalue weighted by Gasteiger charge is 2.46. The molecule has 0 radical (unpaired) electrons. The minimum atomic E-state index is -0.540. The summed E-state index contributed by atoms with van der Waals surface area (Å²) < 4.78 is 0. The Labute approximate surface area is 109 Å². The van der Waals surface area contributed by atoms with Crippen molar-refractivity contribution in [1.82, 2.24) is 4.90 Å². The van der Waals surface area contributed by atoms with Gasteiger partial charge < -0.3 is 10.6 Å². The summed E-state index contributed by atoms with van der Waals surface area (Å²) in [6, 6.07) is -0.387. The first-order chi connectivity index (χ1) is 8.52. The van der Waals surface area contributed by atoms with Crippen LogP contribution in [0.4, 0.5) is 0 Å². The summed E-state index contributed by atoms with van der Waals surface area (Å²) in [5.74, 6) is 0.779. The minimum absolute atomic E-state index is 0.160. The van der Waals surface area contributed by atoms with Crippen LogP contribution in [0, 0.1) is 22.0 Å². The van der Waals surface area contributed by atoms with Crippen LogP contribution in [0.3, 0.4) is 0 Å². The van der Waals surface area contributed by atoms with Crippen LogP contribution in [-0.2, 0) is 0 Å². The Bertz CT molecular complexity index is 311. The molecule has 0 aromatic heterocycles. The molecule has 0 spiro atoms. The van der Waals surface area contributed by atoms with Crippen LogP contribution in [0.2, 0.25) is 0 Å². The van der Waals surface area contributed by atoms with Gasteiger partial charge in [-0.15, -0.1) is 0 Å². The standard InChI is InChI=1S/C13H25N3O2/c1-9-6-7-11(16(17)18)13(14)12(9)10-5-3-4-8-15(10)2/h9-13H,3-8,14H2,1-2H3. The van der Waals surface area contributed by atoms with Gasteiger partial charge in [0.2, 0.25) is 6.04 Å². The number of nitrogens with two attached hydrogens (primary N) is 1. The molecule has 0 aromatic carbocycles. The first-order valence-corrected chi connectivity index (χ1v) is 7.11. The molecule has 1 aliphatic heterocycles. The summed E-state index contributed by atoms with van der Waals surface area (Å²) in [4.78, 5) is 13.3. The van der Waals surface area contributed by atoms with Gasteiger partial charge in [0.05, 0.1) is 6.04 Å². The maximum absolute atomic E-state index is 11.1. The lowest BCUT2D eigenvalue weighted by Gasteiger charge is -2.45. The van der Waals surface area contributed by atoms with Crippen LogP contribution in [-0.4, -0.2) is 41.5 Å². The van der Waals surface area contributed by atoms with E-state index in [1.165, 1.54) is 12.8 Å². The van der Waals surface area contributed by atoms with Crippen molar-refractivity contribution < 1.29 is 4.92 Å². The van der Waals surface area contributed by atoms with E-state index in [1.54, 1.807) is 0 Å².